The topological polar surface area (TPSA) is 46.5 Å². The van der Waals surface area contributed by atoms with Crippen molar-refractivity contribution >= 4 is 5.97 Å². The van der Waals surface area contributed by atoms with Gasteiger partial charge >= 0.3 is 5.97 Å². The summed E-state index contributed by atoms with van der Waals surface area (Å²) in [6, 6.07) is 3.77. The minimum absolute atomic E-state index is 0.0874. The number of aromatic hydroxyl groups is 1. The number of ether oxygens (including phenoxy) is 1. The number of phenols is 1. The van der Waals surface area contributed by atoms with Crippen LogP contribution in [-0.4, -0.2) is 17.7 Å². The fraction of sp³-hybridized carbons (Fsp3) is 0.788. The fourth-order valence-corrected chi connectivity index (χ4v) is 6.11. The van der Waals surface area contributed by atoms with E-state index in [0.29, 0.717) is 17.9 Å². The molecular weight excluding hydrogens is 444 g/mol. The largest absolute Gasteiger partial charge is 0.507 e. The first-order chi connectivity index (χ1) is 16.4. The van der Waals surface area contributed by atoms with Crippen molar-refractivity contribution in [2.24, 2.45) is 10.8 Å². The van der Waals surface area contributed by atoms with Crippen LogP contribution in [0.2, 0.25) is 0 Å². The van der Waals surface area contributed by atoms with Crippen LogP contribution < -0.4 is 0 Å². The SMILES string of the molecule is CCCCCCCCCCOC(=O)c1cc(C(C)(C)CC(C)(C)C)c(O)c(C(C)(C)CC(C)(C)C)c1. The van der Waals surface area contributed by atoms with Gasteiger partial charge in [0.05, 0.1) is 12.2 Å². The highest BCUT2D eigenvalue weighted by molar-refractivity contribution is 5.90. The predicted molar refractivity (Wildman–Crippen MR) is 155 cm³/mol. The van der Waals surface area contributed by atoms with Crippen molar-refractivity contribution in [2.75, 3.05) is 6.61 Å². The summed E-state index contributed by atoms with van der Waals surface area (Å²) in [7, 11) is 0. The molecule has 1 aromatic carbocycles. The molecule has 0 spiro atoms. The molecule has 208 valence electrons. The second-order valence-electron chi connectivity index (χ2n) is 14.8. The first-order valence-electron chi connectivity index (χ1n) is 14.4. The lowest BCUT2D eigenvalue weighted by Crippen LogP contribution is -2.29. The molecule has 0 aliphatic heterocycles. The van der Waals surface area contributed by atoms with Gasteiger partial charge in [-0.25, -0.2) is 4.79 Å². The van der Waals surface area contributed by atoms with E-state index < -0.39 is 0 Å². The van der Waals surface area contributed by atoms with Gasteiger partial charge < -0.3 is 9.84 Å². The van der Waals surface area contributed by atoms with Crippen molar-refractivity contribution in [3.8, 4) is 5.75 Å². The number of benzene rings is 1. The summed E-state index contributed by atoms with van der Waals surface area (Å²) >= 11 is 0. The third-order valence-electron chi connectivity index (χ3n) is 6.98. The second kappa shape index (κ2) is 13.3. The van der Waals surface area contributed by atoms with Gasteiger partial charge in [-0.2, -0.15) is 0 Å². The van der Waals surface area contributed by atoms with Crippen LogP contribution in [0.3, 0.4) is 0 Å². The van der Waals surface area contributed by atoms with E-state index in [-0.39, 0.29) is 27.6 Å². The average molecular weight is 503 g/mol. The highest BCUT2D eigenvalue weighted by atomic mass is 16.5. The number of unbranched alkanes of at least 4 members (excludes halogenated alkanes) is 7. The number of hydrogen-bond donors (Lipinski definition) is 1. The summed E-state index contributed by atoms with van der Waals surface area (Å²) in [5, 5.41) is 11.6. The zero-order valence-electron chi connectivity index (χ0n) is 25.7. The van der Waals surface area contributed by atoms with Crippen LogP contribution in [0.15, 0.2) is 12.1 Å². The van der Waals surface area contributed by atoms with Gasteiger partial charge in [0.1, 0.15) is 5.75 Å². The van der Waals surface area contributed by atoms with Crippen LogP contribution in [0.4, 0.5) is 0 Å². The molecule has 0 unspecified atom stereocenters. The molecule has 0 aromatic heterocycles. The first kappa shape index (κ1) is 32.5. The molecule has 0 aliphatic carbocycles. The molecule has 1 N–H and O–H groups in total. The zero-order valence-corrected chi connectivity index (χ0v) is 25.7. The van der Waals surface area contributed by atoms with Gasteiger partial charge in [0.15, 0.2) is 0 Å². The standard InChI is InChI=1S/C33H58O3/c1-12-13-14-15-16-17-18-19-20-36-29(35)25-21-26(32(8,9)23-30(2,3)4)28(34)27(22-25)33(10,11)24-31(5,6)7/h21-22,34H,12-20,23-24H2,1-11H3. The second-order valence-corrected chi connectivity index (χ2v) is 14.8. The van der Waals surface area contributed by atoms with Crippen molar-refractivity contribution in [2.45, 2.75) is 151 Å². The summed E-state index contributed by atoms with van der Waals surface area (Å²) in [5.74, 6) is 0.0525. The van der Waals surface area contributed by atoms with Crippen LogP contribution in [0.5, 0.6) is 5.75 Å². The maximum absolute atomic E-state index is 13.2. The lowest BCUT2D eigenvalue weighted by molar-refractivity contribution is 0.0497. The van der Waals surface area contributed by atoms with Crippen molar-refractivity contribution in [1.29, 1.82) is 0 Å². The van der Waals surface area contributed by atoms with Gasteiger partial charge in [0.25, 0.3) is 0 Å². The van der Waals surface area contributed by atoms with E-state index in [1.807, 2.05) is 12.1 Å². The molecule has 0 saturated carbocycles. The summed E-state index contributed by atoms with van der Waals surface area (Å²) in [6.07, 6.45) is 11.5. The zero-order chi connectivity index (χ0) is 27.8. The number of rotatable bonds is 14. The molecule has 3 nitrogen and oxygen atoms in total. The van der Waals surface area contributed by atoms with E-state index in [0.717, 1.165) is 36.8 Å². The average Bonchev–Trinajstić information content (AvgIpc) is 2.68. The van der Waals surface area contributed by atoms with E-state index in [2.05, 4.69) is 76.2 Å². The number of hydrogen-bond acceptors (Lipinski definition) is 3. The highest BCUT2D eigenvalue weighted by Gasteiger charge is 2.36. The Labute approximate surface area is 223 Å². The molecule has 1 rings (SSSR count). The number of carbonyl (C=O) groups is 1. The Balaban J connectivity index is 3.13. The molecule has 0 amide bonds. The Bertz CT molecular complexity index is 769. The lowest BCUT2D eigenvalue weighted by Gasteiger charge is -2.37. The summed E-state index contributed by atoms with van der Waals surface area (Å²) in [6.45, 7) is 24.7. The van der Waals surface area contributed by atoms with Gasteiger partial charge in [0.2, 0.25) is 0 Å². The molecule has 0 atom stereocenters. The van der Waals surface area contributed by atoms with E-state index in [1.165, 1.54) is 38.5 Å². The van der Waals surface area contributed by atoms with Gasteiger partial charge in [-0.3, -0.25) is 0 Å². The van der Waals surface area contributed by atoms with Gasteiger partial charge in [0, 0.05) is 11.1 Å². The smallest absolute Gasteiger partial charge is 0.338 e. The van der Waals surface area contributed by atoms with Gasteiger partial charge in [-0.1, -0.05) is 121 Å². The Morgan fingerprint density at radius 2 is 1.08 bits per heavy atom. The van der Waals surface area contributed by atoms with E-state index in [1.54, 1.807) is 0 Å². The Morgan fingerprint density at radius 3 is 1.47 bits per heavy atom. The van der Waals surface area contributed by atoms with E-state index in [4.69, 9.17) is 4.74 Å². The molecule has 0 radical (unpaired) electrons. The predicted octanol–water partition coefficient (Wildman–Crippen LogP) is 10.1. The van der Waals surface area contributed by atoms with Gasteiger partial charge in [-0.05, 0) is 53.1 Å². The lowest BCUT2D eigenvalue weighted by atomic mass is 9.68. The van der Waals surface area contributed by atoms with Crippen LogP contribution >= 0.6 is 0 Å². The quantitative estimate of drug-likeness (QED) is 0.203. The Kier molecular flexibility index (Phi) is 12.0. The molecule has 0 aliphatic rings. The van der Waals surface area contributed by atoms with Crippen molar-refractivity contribution < 1.29 is 14.6 Å². The Hall–Kier alpha value is -1.51. The van der Waals surface area contributed by atoms with E-state index >= 15 is 0 Å². The number of phenolic OH excluding ortho intramolecular Hbond substituents is 1. The van der Waals surface area contributed by atoms with E-state index in [9.17, 15) is 9.90 Å². The summed E-state index contributed by atoms with van der Waals surface area (Å²) in [4.78, 5) is 13.2. The monoisotopic (exact) mass is 502 g/mol. The fourth-order valence-electron chi connectivity index (χ4n) is 6.11. The van der Waals surface area contributed by atoms with Crippen LogP contribution in [-0.2, 0) is 15.6 Å². The molecular formula is C33H58O3. The molecule has 0 fully saturated rings. The molecule has 3 heteroatoms. The third kappa shape index (κ3) is 11.3. The molecule has 0 heterocycles. The van der Waals surface area contributed by atoms with Gasteiger partial charge in [-0.15, -0.1) is 0 Å². The normalized spacial score (nSPS) is 13.2. The number of carbonyl (C=O) groups excluding carboxylic acids is 1. The minimum Gasteiger partial charge on any atom is -0.507 e. The van der Waals surface area contributed by atoms with Crippen molar-refractivity contribution in [3.63, 3.8) is 0 Å². The van der Waals surface area contributed by atoms with Crippen molar-refractivity contribution in [3.05, 3.63) is 28.8 Å². The van der Waals surface area contributed by atoms with Crippen LogP contribution in [0.1, 0.15) is 162 Å². The maximum atomic E-state index is 13.2. The molecule has 0 bridgehead atoms. The Morgan fingerprint density at radius 1 is 0.694 bits per heavy atom. The third-order valence-corrected chi connectivity index (χ3v) is 6.98. The summed E-state index contributed by atoms with van der Waals surface area (Å²) < 4.78 is 5.73. The number of esters is 1. The molecule has 0 saturated heterocycles. The first-order valence-corrected chi connectivity index (χ1v) is 14.4. The molecule has 36 heavy (non-hydrogen) atoms. The maximum Gasteiger partial charge on any atom is 0.338 e. The highest BCUT2D eigenvalue weighted by Crippen LogP contribution is 2.47. The van der Waals surface area contributed by atoms with Crippen LogP contribution in [0.25, 0.3) is 0 Å². The molecule has 1 aromatic rings. The minimum atomic E-state index is -0.289. The van der Waals surface area contributed by atoms with Crippen molar-refractivity contribution in [1.82, 2.24) is 0 Å². The summed E-state index contributed by atoms with van der Waals surface area (Å²) in [5.41, 5.74) is 1.84. The van der Waals surface area contributed by atoms with Crippen LogP contribution in [0, 0.1) is 10.8 Å².